The monoisotopic (exact) mass is 363 g/mol. The predicted octanol–water partition coefficient (Wildman–Crippen LogP) is 3.50. The van der Waals surface area contributed by atoms with Crippen molar-refractivity contribution >= 4 is 5.91 Å². The van der Waals surface area contributed by atoms with Gasteiger partial charge in [-0.3, -0.25) is 4.79 Å². The molecule has 0 saturated carbocycles. The van der Waals surface area contributed by atoms with Crippen molar-refractivity contribution in [2.45, 2.75) is 13.0 Å². The Labute approximate surface area is 158 Å². The van der Waals surface area contributed by atoms with Crippen molar-refractivity contribution in [2.24, 2.45) is 0 Å². The Kier molecular flexibility index (Phi) is 5.99. The van der Waals surface area contributed by atoms with Gasteiger partial charge in [0.15, 0.2) is 0 Å². The first-order valence-electron chi connectivity index (χ1n) is 8.59. The molecule has 1 amide bonds. The van der Waals surface area contributed by atoms with Crippen LogP contribution in [0, 0.1) is 0 Å². The summed E-state index contributed by atoms with van der Waals surface area (Å²) in [6.07, 6.45) is 1.96. The molecule has 3 rings (SSSR count). The van der Waals surface area contributed by atoms with Crippen LogP contribution in [0.15, 0.2) is 71.8 Å². The number of aromatic nitrogens is 2. The van der Waals surface area contributed by atoms with E-state index in [9.17, 15) is 4.79 Å². The summed E-state index contributed by atoms with van der Waals surface area (Å²) in [5.74, 6) is 1.61. The molecule has 0 saturated heterocycles. The number of methoxy groups -OCH3 is 1. The van der Waals surface area contributed by atoms with Crippen LogP contribution in [-0.2, 0) is 17.8 Å². The first-order chi connectivity index (χ1) is 13.2. The molecule has 0 aliphatic carbocycles. The van der Waals surface area contributed by atoms with Crippen molar-refractivity contribution in [3.8, 4) is 17.1 Å². The van der Waals surface area contributed by atoms with E-state index >= 15 is 0 Å². The minimum absolute atomic E-state index is 0.0421. The molecule has 6 heteroatoms. The number of benzene rings is 2. The van der Waals surface area contributed by atoms with E-state index in [-0.39, 0.29) is 18.9 Å². The van der Waals surface area contributed by atoms with Crippen LogP contribution in [0.3, 0.4) is 0 Å². The van der Waals surface area contributed by atoms with Crippen LogP contribution in [0.25, 0.3) is 11.4 Å². The molecule has 6 nitrogen and oxygen atoms in total. The second-order valence-electron chi connectivity index (χ2n) is 5.97. The number of hydrogen-bond donors (Lipinski definition) is 0. The number of carbonyl (C=O) groups is 1. The lowest BCUT2D eigenvalue weighted by atomic mass is 10.1. The molecule has 1 aromatic heterocycles. The Hall–Kier alpha value is -3.41. The number of ether oxygens (including phenoxy) is 1. The SMILES string of the molecule is C=CCN(Cc1nc(-c2ccccc2)no1)C(=O)Cc1ccc(OC)cc1. The molecule has 3 aromatic rings. The highest BCUT2D eigenvalue weighted by Gasteiger charge is 2.17. The molecule has 0 unspecified atom stereocenters. The molecule has 138 valence electrons. The van der Waals surface area contributed by atoms with Crippen LogP contribution in [-0.4, -0.2) is 34.6 Å². The van der Waals surface area contributed by atoms with Crippen LogP contribution in [0.4, 0.5) is 0 Å². The third kappa shape index (κ3) is 4.82. The fourth-order valence-electron chi connectivity index (χ4n) is 2.63. The van der Waals surface area contributed by atoms with Gasteiger partial charge >= 0.3 is 0 Å². The fraction of sp³-hybridized carbons (Fsp3) is 0.190. The molecule has 0 bridgehead atoms. The lowest BCUT2D eigenvalue weighted by Crippen LogP contribution is -2.32. The number of hydrogen-bond acceptors (Lipinski definition) is 5. The molecule has 2 aromatic carbocycles. The highest BCUT2D eigenvalue weighted by atomic mass is 16.5. The maximum absolute atomic E-state index is 12.7. The maximum Gasteiger partial charge on any atom is 0.246 e. The van der Waals surface area contributed by atoms with Gasteiger partial charge in [0, 0.05) is 12.1 Å². The Morgan fingerprint density at radius 1 is 1.19 bits per heavy atom. The average Bonchev–Trinajstić information content (AvgIpc) is 3.17. The number of rotatable bonds is 8. The number of carbonyl (C=O) groups excluding carboxylic acids is 1. The topological polar surface area (TPSA) is 68.5 Å². The third-order valence-electron chi connectivity index (χ3n) is 4.04. The van der Waals surface area contributed by atoms with E-state index in [0.29, 0.717) is 18.3 Å². The van der Waals surface area contributed by atoms with Crippen LogP contribution < -0.4 is 4.74 Å². The molecule has 0 aliphatic rings. The van der Waals surface area contributed by atoms with Crippen molar-refractivity contribution in [3.05, 3.63) is 78.7 Å². The molecule has 0 N–H and O–H groups in total. The van der Waals surface area contributed by atoms with Crippen molar-refractivity contribution in [3.63, 3.8) is 0 Å². The highest BCUT2D eigenvalue weighted by Crippen LogP contribution is 2.17. The minimum Gasteiger partial charge on any atom is -0.497 e. The smallest absolute Gasteiger partial charge is 0.246 e. The van der Waals surface area contributed by atoms with Gasteiger partial charge in [0.2, 0.25) is 17.6 Å². The largest absolute Gasteiger partial charge is 0.497 e. The van der Waals surface area contributed by atoms with Gasteiger partial charge in [0.05, 0.1) is 13.5 Å². The summed E-state index contributed by atoms with van der Waals surface area (Å²) in [6.45, 7) is 4.37. The van der Waals surface area contributed by atoms with E-state index in [1.807, 2.05) is 54.6 Å². The lowest BCUT2D eigenvalue weighted by Gasteiger charge is -2.19. The predicted molar refractivity (Wildman–Crippen MR) is 102 cm³/mol. The summed E-state index contributed by atoms with van der Waals surface area (Å²) < 4.78 is 10.5. The Balaban J connectivity index is 1.68. The van der Waals surface area contributed by atoms with E-state index in [2.05, 4.69) is 16.7 Å². The maximum atomic E-state index is 12.7. The van der Waals surface area contributed by atoms with Gasteiger partial charge in [-0.25, -0.2) is 0 Å². The van der Waals surface area contributed by atoms with E-state index in [4.69, 9.17) is 9.26 Å². The first kappa shape index (κ1) is 18.4. The second-order valence-corrected chi connectivity index (χ2v) is 5.97. The molecule has 0 spiro atoms. The zero-order valence-electron chi connectivity index (χ0n) is 15.2. The van der Waals surface area contributed by atoms with Crippen LogP contribution in [0.2, 0.25) is 0 Å². The zero-order valence-corrected chi connectivity index (χ0v) is 15.2. The van der Waals surface area contributed by atoms with Crippen molar-refractivity contribution in [2.75, 3.05) is 13.7 Å². The van der Waals surface area contributed by atoms with E-state index < -0.39 is 0 Å². The Bertz CT molecular complexity index is 889. The molecule has 27 heavy (non-hydrogen) atoms. The van der Waals surface area contributed by atoms with Crippen molar-refractivity contribution in [1.29, 1.82) is 0 Å². The van der Waals surface area contributed by atoms with Crippen LogP contribution >= 0.6 is 0 Å². The van der Waals surface area contributed by atoms with Crippen LogP contribution in [0.1, 0.15) is 11.5 Å². The summed E-state index contributed by atoms with van der Waals surface area (Å²) in [4.78, 5) is 18.7. The standard InChI is InChI=1S/C21H21N3O3/c1-3-13-24(20(25)14-16-9-11-18(26-2)12-10-16)15-19-22-21(23-27-19)17-7-5-4-6-8-17/h3-12H,1,13-15H2,2H3. The van der Waals surface area contributed by atoms with Gasteiger partial charge in [-0.1, -0.05) is 53.7 Å². The lowest BCUT2D eigenvalue weighted by molar-refractivity contribution is -0.130. The van der Waals surface area contributed by atoms with E-state index in [1.165, 1.54) is 0 Å². The normalized spacial score (nSPS) is 10.4. The molecule has 0 atom stereocenters. The van der Waals surface area contributed by atoms with Gasteiger partial charge < -0.3 is 14.2 Å². The molecule has 0 aliphatic heterocycles. The first-order valence-corrected chi connectivity index (χ1v) is 8.59. The van der Waals surface area contributed by atoms with Gasteiger partial charge in [0.25, 0.3) is 0 Å². The van der Waals surface area contributed by atoms with Crippen molar-refractivity contribution in [1.82, 2.24) is 15.0 Å². The summed E-state index contributed by atoms with van der Waals surface area (Å²) >= 11 is 0. The average molecular weight is 363 g/mol. The number of amides is 1. The Morgan fingerprint density at radius 2 is 1.93 bits per heavy atom. The van der Waals surface area contributed by atoms with Crippen LogP contribution in [0.5, 0.6) is 5.75 Å². The number of nitrogens with zero attached hydrogens (tertiary/aromatic N) is 3. The van der Waals surface area contributed by atoms with Gasteiger partial charge in [-0.2, -0.15) is 4.98 Å². The summed E-state index contributed by atoms with van der Waals surface area (Å²) in [5, 5.41) is 4.00. The summed E-state index contributed by atoms with van der Waals surface area (Å²) in [7, 11) is 1.61. The van der Waals surface area contributed by atoms with Crippen molar-refractivity contribution < 1.29 is 14.1 Å². The fourth-order valence-corrected chi connectivity index (χ4v) is 2.63. The zero-order chi connectivity index (χ0) is 19.1. The molecule has 0 fully saturated rings. The molecule has 0 radical (unpaired) electrons. The highest BCUT2D eigenvalue weighted by molar-refractivity contribution is 5.78. The van der Waals surface area contributed by atoms with Gasteiger partial charge in [-0.15, -0.1) is 6.58 Å². The van der Waals surface area contributed by atoms with Gasteiger partial charge in [-0.05, 0) is 17.7 Å². The second kappa shape index (κ2) is 8.80. The molecular formula is C21H21N3O3. The molecule has 1 heterocycles. The third-order valence-corrected chi connectivity index (χ3v) is 4.04. The summed E-state index contributed by atoms with van der Waals surface area (Å²) in [6, 6.07) is 17.0. The minimum atomic E-state index is -0.0421. The van der Waals surface area contributed by atoms with E-state index in [1.54, 1.807) is 18.1 Å². The molecular weight excluding hydrogens is 342 g/mol. The Morgan fingerprint density at radius 3 is 2.59 bits per heavy atom. The van der Waals surface area contributed by atoms with Gasteiger partial charge in [0.1, 0.15) is 12.3 Å². The van der Waals surface area contributed by atoms with E-state index in [0.717, 1.165) is 16.9 Å². The summed E-state index contributed by atoms with van der Waals surface area (Å²) in [5.41, 5.74) is 1.78. The quantitative estimate of drug-likeness (QED) is 0.573.